The fraction of sp³-hybridized carbons (Fsp3) is 0.238. The largest absolute Gasteiger partial charge is 0.420 e. The monoisotopic (exact) mass is 472 g/mol. The lowest BCUT2D eigenvalue weighted by atomic mass is 10.2. The van der Waals surface area contributed by atoms with Crippen molar-refractivity contribution < 1.29 is 4.42 Å². The van der Waals surface area contributed by atoms with E-state index in [1.807, 2.05) is 47.0 Å². The third-order valence-corrected chi connectivity index (χ3v) is 6.56. The highest BCUT2D eigenvalue weighted by Crippen LogP contribution is 2.33. The fourth-order valence-electron chi connectivity index (χ4n) is 3.50. The van der Waals surface area contributed by atoms with Crippen molar-refractivity contribution in [2.75, 3.05) is 18.0 Å². The summed E-state index contributed by atoms with van der Waals surface area (Å²) in [7, 11) is 0. The van der Waals surface area contributed by atoms with Gasteiger partial charge in [0.15, 0.2) is 5.16 Å². The average Bonchev–Trinajstić information content (AvgIpc) is 3.53. The van der Waals surface area contributed by atoms with Gasteiger partial charge in [-0.05, 0) is 37.1 Å². The van der Waals surface area contributed by atoms with Crippen molar-refractivity contribution in [1.29, 1.82) is 0 Å². The topological polar surface area (TPSA) is 72.9 Å². The van der Waals surface area contributed by atoms with Crippen molar-refractivity contribution in [3.8, 4) is 17.1 Å². The number of hydrogen-bond donors (Lipinski definition) is 0. The minimum atomic E-state index is 0.395. The number of halogens is 2. The molecular formula is C21H18Cl2N6OS. The van der Waals surface area contributed by atoms with Gasteiger partial charge in [-0.1, -0.05) is 59.2 Å². The Hall–Kier alpha value is -2.55. The predicted octanol–water partition coefficient (Wildman–Crippen LogP) is 5.52. The van der Waals surface area contributed by atoms with Gasteiger partial charge >= 0.3 is 0 Å². The molecule has 0 amide bonds. The summed E-state index contributed by atoms with van der Waals surface area (Å²) in [6.07, 6.45) is 2.29. The number of rotatable bonds is 6. The SMILES string of the molecule is Clc1ccccc1-c1nnc(CSc2nnc(N3CCCC3)n2-c2ccccc2Cl)o1. The summed E-state index contributed by atoms with van der Waals surface area (Å²) in [6, 6.07) is 15.1. The average molecular weight is 473 g/mol. The first kappa shape index (κ1) is 20.4. The van der Waals surface area contributed by atoms with Crippen LogP contribution in [0.15, 0.2) is 58.1 Å². The van der Waals surface area contributed by atoms with Gasteiger partial charge in [-0.2, -0.15) is 0 Å². The second-order valence-electron chi connectivity index (χ2n) is 7.03. The molecule has 0 atom stereocenters. The van der Waals surface area contributed by atoms with Crippen LogP contribution in [-0.2, 0) is 5.75 Å². The maximum atomic E-state index is 6.51. The summed E-state index contributed by atoms with van der Waals surface area (Å²) in [5.74, 6) is 2.12. The molecular weight excluding hydrogens is 455 g/mol. The second-order valence-corrected chi connectivity index (χ2v) is 8.79. The second kappa shape index (κ2) is 8.90. The van der Waals surface area contributed by atoms with Gasteiger partial charge in [0.05, 0.1) is 27.0 Å². The molecule has 158 valence electrons. The molecule has 7 nitrogen and oxygen atoms in total. The van der Waals surface area contributed by atoms with E-state index < -0.39 is 0 Å². The number of aromatic nitrogens is 5. The molecule has 5 rings (SSSR count). The van der Waals surface area contributed by atoms with Crippen LogP contribution in [0.2, 0.25) is 10.0 Å². The van der Waals surface area contributed by atoms with Crippen molar-refractivity contribution in [2.24, 2.45) is 0 Å². The Morgan fingerprint density at radius 3 is 2.39 bits per heavy atom. The molecule has 1 aliphatic rings. The van der Waals surface area contributed by atoms with Crippen molar-refractivity contribution in [3.05, 3.63) is 64.5 Å². The predicted molar refractivity (Wildman–Crippen MR) is 122 cm³/mol. The minimum absolute atomic E-state index is 0.395. The third kappa shape index (κ3) is 4.15. The maximum absolute atomic E-state index is 6.51. The molecule has 0 N–H and O–H groups in total. The van der Waals surface area contributed by atoms with E-state index in [2.05, 4.69) is 25.3 Å². The zero-order chi connectivity index (χ0) is 21.2. The van der Waals surface area contributed by atoms with Gasteiger partial charge < -0.3 is 9.32 Å². The number of nitrogens with zero attached hydrogens (tertiary/aromatic N) is 6. The van der Waals surface area contributed by atoms with E-state index >= 15 is 0 Å². The summed E-state index contributed by atoms with van der Waals surface area (Å²) >= 11 is 14.2. The van der Waals surface area contributed by atoms with Crippen LogP contribution in [-0.4, -0.2) is 38.1 Å². The Bertz CT molecular complexity index is 1200. The van der Waals surface area contributed by atoms with E-state index in [9.17, 15) is 0 Å². The van der Waals surface area contributed by atoms with Gasteiger partial charge in [0.2, 0.25) is 17.7 Å². The molecule has 4 aromatic rings. The van der Waals surface area contributed by atoms with Crippen LogP contribution in [0.1, 0.15) is 18.7 Å². The lowest BCUT2D eigenvalue weighted by molar-refractivity contribution is 0.528. The molecule has 3 heterocycles. The van der Waals surface area contributed by atoms with Crippen LogP contribution in [0, 0.1) is 0 Å². The maximum Gasteiger partial charge on any atom is 0.249 e. The van der Waals surface area contributed by atoms with E-state index in [0.29, 0.717) is 38.3 Å². The Morgan fingerprint density at radius 2 is 1.61 bits per heavy atom. The first-order valence-electron chi connectivity index (χ1n) is 9.86. The van der Waals surface area contributed by atoms with Crippen molar-refractivity contribution in [2.45, 2.75) is 23.8 Å². The molecule has 10 heteroatoms. The van der Waals surface area contributed by atoms with Crippen LogP contribution in [0.4, 0.5) is 5.95 Å². The van der Waals surface area contributed by atoms with Gasteiger partial charge in [-0.3, -0.25) is 4.57 Å². The van der Waals surface area contributed by atoms with Crippen LogP contribution < -0.4 is 4.90 Å². The zero-order valence-corrected chi connectivity index (χ0v) is 18.7. The standard InChI is InChI=1S/C21H18Cl2N6OS/c22-15-8-2-1-7-14(15)19-25-24-18(30-19)13-31-21-27-26-20(28-11-5-6-12-28)29(21)17-10-4-3-9-16(17)23/h1-4,7-10H,5-6,11-13H2. The Labute approximate surface area is 193 Å². The van der Waals surface area contributed by atoms with Crippen LogP contribution in [0.5, 0.6) is 0 Å². The highest BCUT2D eigenvalue weighted by Gasteiger charge is 2.24. The van der Waals surface area contributed by atoms with Crippen LogP contribution in [0.3, 0.4) is 0 Å². The van der Waals surface area contributed by atoms with Crippen LogP contribution in [0.25, 0.3) is 17.1 Å². The Kier molecular flexibility index (Phi) is 5.85. The molecule has 0 bridgehead atoms. The number of anilines is 1. The molecule has 1 aliphatic heterocycles. The summed E-state index contributed by atoms with van der Waals surface area (Å²) < 4.78 is 7.83. The Morgan fingerprint density at radius 1 is 0.871 bits per heavy atom. The molecule has 0 radical (unpaired) electrons. The molecule has 0 aliphatic carbocycles. The van der Waals surface area contributed by atoms with Gasteiger partial charge in [0, 0.05) is 13.1 Å². The van der Waals surface area contributed by atoms with Gasteiger partial charge in [0.25, 0.3) is 0 Å². The number of benzene rings is 2. The van der Waals surface area contributed by atoms with E-state index in [1.165, 1.54) is 11.8 Å². The number of thioether (sulfide) groups is 1. The summed E-state index contributed by atoms with van der Waals surface area (Å²) in [5, 5.41) is 19.1. The van der Waals surface area contributed by atoms with E-state index in [4.69, 9.17) is 27.6 Å². The molecule has 2 aromatic carbocycles. The van der Waals surface area contributed by atoms with Crippen molar-refractivity contribution in [3.63, 3.8) is 0 Å². The van der Waals surface area contributed by atoms with Crippen molar-refractivity contribution >= 4 is 40.9 Å². The molecule has 1 saturated heterocycles. The number of hydrogen-bond acceptors (Lipinski definition) is 7. The first-order valence-corrected chi connectivity index (χ1v) is 11.6. The van der Waals surface area contributed by atoms with E-state index in [0.717, 1.165) is 37.6 Å². The van der Waals surface area contributed by atoms with Gasteiger partial charge in [-0.25, -0.2) is 0 Å². The molecule has 2 aromatic heterocycles. The molecule has 1 fully saturated rings. The summed E-state index contributed by atoms with van der Waals surface area (Å²) in [6.45, 7) is 1.91. The lowest BCUT2D eigenvalue weighted by Crippen LogP contribution is -2.22. The molecule has 0 spiro atoms. The van der Waals surface area contributed by atoms with Gasteiger partial charge in [-0.15, -0.1) is 20.4 Å². The first-order chi connectivity index (χ1) is 15.2. The van der Waals surface area contributed by atoms with Crippen molar-refractivity contribution in [1.82, 2.24) is 25.0 Å². The quantitative estimate of drug-likeness (QED) is 0.342. The number of para-hydroxylation sites is 1. The normalized spacial score (nSPS) is 13.8. The molecule has 0 saturated carbocycles. The van der Waals surface area contributed by atoms with Crippen LogP contribution >= 0.6 is 35.0 Å². The van der Waals surface area contributed by atoms with Gasteiger partial charge in [0.1, 0.15) is 0 Å². The minimum Gasteiger partial charge on any atom is -0.420 e. The lowest BCUT2D eigenvalue weighted by Gasteiger charge is -2.18. The van der Waals surface area contributed by atoms with E-state index in [-0.39, 0.29) is 0 Å². The highest BCUT2D eigenvalue weighted by molar-refractivity contribution is 7.98. The molecule has 0 unspecified atom stereocenters. The Balaban J connectivity index is 1.42. The zero-order valence-electron chi connectivity index (χ0n) is 16.4. The fourth-order valence-corrected chi connectivity index (χ4v) is 4.72. The van der Waals surface area contributed by atoms with E-state index in [1.54, 1.807) is 6.07 Å². The highest BCUT2D eigenvalue weighted by atomic mass is 35.5. The summed E-state index contributed by atoms with van der Waals surface area (Å²) in [5.41, 5.74) is 1.56. The smallest absolute Gasteiger partial charge is 0.249 e. The molecule has 31 heavy (non-hydrogen) atoms. The summed E-state index contributed by atoms with van der Waals surface area (Å²) in [4.78, 5) is 2.24. The third-order valence-electron chi connectivity index (χ3n) is 4.99.